The number of aromatic nitrogens is 1. The van der Waals surface area contributed by atoms with Crippen molar-refractivity contribution in [3.05, 3.63) is 47.8 Å². The number of carbonyl (C=O) groups excluding carboxylic acids is 2. The average Bonchev–Trinajstić information content (AvgIpc) is 3.58. The molecule has 0 unspecified atom stereocenters. The van der Waals surface area contributed by atoms with E-state index in [0.717, 1.165) is 5.57 Å². The van der Waals surface area contributed by atoms with Crippen molar-refractivity contribution in [2.45, 2.75) is 43.9 Å². The van der Waals surface area contributed by atoms with E-state index >= 15 is 0 Å². The average molecular weight is 603 g/mol. The zero-order chi connectivity index (χ0) is 30.9. The van der Waals surface area contributed by atoms with Crippen LogP contribution in [0.15, 0.2) is 47.3 Å². The largest absolute Gasteiger partial charge is 0.455 e. The molecule has 0 aromatic carbocycles. The third-order valence-electron chi connectivity index (χ3n) is 9.39. The highest BCUT2D eigenvalue weighted by Gasteiger charge is 2.71. The Balaban J connectivity index is 1.62. The molecule has 43 heavy (non-hydrogen) atoms. The monoisotopic (exact) mass is 602 g/mol. The molecule has 12 heteroatoms. The van der Waals surface area contributed by atoms with Crippen LogP contribution < -0.4 is 0 Å². The second kappa shape index (κ2) is 12.9. The number of methoxy groups -OCH3 is 3. The summed E-state index contributed by atoms with van der Waals surface area (Å²) in [6.07, 6.45) is 4.45. The van der Waals surface area contributed by atoms with Gasteiger partial charge in [0.2, 0.25) is 0 Å². The predicted octanol–water partition coefficient (Wildman–Crippen LogP) is 2.15. The lowest BCUT2D eigenvalue weighted by Gasteiger charge is -2.49. The summed E-state index contributed by atoms with van der Waals surface area (Å²) in [6, 6.07) is 3.34. The molecule has 3 heterocycles. The van der Waals surface area contributed by atoms with E-state index < -0.39 is 65.6 Å². The van der Waals surface area contributed by atoms with E-state index in [-0.39, 0.29) is 31.7 Å². The van der Waals surface area contributed by atoms with Gasteiger partial charge >= 0.3 is 11.9 Å². The van der Waals surface area contributed by atoms with Gasteiger partial charge in [0.1, 0.15) is 36.3 Å². The number of aromatic amines is 1. The number of H-pyrrole nitrogens is 1. The van der Waals surface area contributed by atoms with Gasteiger partial charge in [0.05, 0.1) is 31.8 Å². The molecule has 1 saturated heterocycles. The maximum absolute atomic E-state index is 14.0. The molecule has 2 aliphatic carbocycles. The third kappa shape index (κ3) is 5.33. The van der Waals surface area contributed by atoms with Gasteiger partial charge in [-0.2, -0.15) is 0 Å². The van der Waals surface area contributed by atoms with E-state index in [9.17, 15) is 14.7 Å². The fourth-order valence-corrected chi connectivity index (χ4v) is 7.73. The first-order valence-electron chi connectivity index (χ1n) is 14.6. The van der Waals surface area contributed by atoms with Crippen LogP contribution in [0.1, 0.15) is 24.3 Å². The van der Waals surface area contributed by atoms with Crippen molar-refractivity contribution in [1.82, 2.24) is 4.98 Å². The number of hydrogen-bond donors (Lipinski definition) is 2. The van der Waals surface area contributed by atoms with Crippen molar-refractivity contribution in [1.29, 1.82) is 0 Å². The van der Waals surface area contributed by atoms with E-state index in [1.165, 1.54) is 21.3 Å². The van der Waals surface area contributed by atoms with Crippen molar-refractivity contribution < 1.29 is 48.0 Å². The van der Waals surface area contributed by atoms with Crippen LogP contribution in [0.25, 0.3) is 0 Å². The molecule has 1 spiro atoms. The number of nitrogens with zero attached hydrogens (tertiary/aromatic N) is 1. The Bertz CT molecular complexity index is 1250. The normalized spacial score (nSPS) is 39.9. The molecule has 5 rings (SSSR count). The summed E-state index contributed by atoms with van der Waals surface area (Å²) in [5, 5.41) is 16.2. The van der Waals surface area contributed by atoms with Crippen molar-refractivity contribution in [3.63, 3.8) is 0 Å². The lowest BCUT2D eigenvalue weighted by atomic mass is 9.56. The zero-order valence-corrected chi connectivity index (χ0v) is 25.4. The Morgan fingerprint density at radius 3 is 2.56 bits per heavy atom. The summed E-state index contributed by atoms with van der Waals surface area (Å²) in [5.74, 6) is -4.02. The lowest BCUT2D eigenvalue weighted by molar-refractivity contribution is -0.162. The number of nitrogens with one attached hydrogen (secondary N) is 1. The maximum Gasteiger partial charge on any atom is 0.355 e. The molecule has 2 N–H and O–H groups in total. The summed E-state index contributed by atoms with van der Waals surface area (Å²) in [7, 11) is 6.03. The zero-order valence-electron chi connectivity index (χ0n) is 25.4. The Kier molecular flexibility index (Phi) is 9.43. The highest BCUT2D eigenvalue weighted by atomic mass is 16.6. The van der Waals surface area contributed by atoms with E-state index in [2.05, 4.69) is 10.1 Å². The Labute approximate surface area is 251 Å². The number of carbonyl (C=O) groups is 2. The first-order valence-corrected chi connectivity index (χ1v) is 14.6. The molecule has 2 fully saturated rings. The van der Waals surface area contributed by atoms with Crippen LogP contribution in [0.4, 0.5) is 0 Å². The minimum atomic E-state index is -1.12. The number of cyclic esters (lactones) is 1. The third-order valence-corrected chi connectivity index (χ3v) is 9.39. The Hall–Kier alpha value is -3.03. The van der Waals surface area contributed by atoms with Gasteiger partial charge in [-0.05, 0) is 24.6 Å². The van der Waals surface area contributed by atoms with Crippen molar-refractivity contribution in [2.24, 2.45) is 40.7 Å². The molecular formula is C31H42N2O10. The SMILES string of the molecule is COC/C(=N\OC)[C@H]1OC(=O)[C@H](COC)[C@H]2C=C[C@H]3[C@H]4O[C@]2(/C(C)=C/[C@H]1C)[C@@H]3[C@H](O)[C@@H](COC)[C@H]4OC(=O)c1ccc[nH]1. The maximum atomic E-state index is 14.0. The number of aliphatic hydroxyl groups is 1. The smallest absolute Gasteiger partial charge is 0.355 e. The van der Waals surface area contributed by atoms with Gasteiger partial charge in [-0.3, -0.25) is 4.79 Å². The lowest BCUT2D eigenvalue weighted by Crippen LogP contribution is -2.59. The van der Waals surface area contributed by atoms with Crippen LogP contribution in [0.5, 0.6) is 0 Å². The Morgan fingerprint density at radius 1 is 1.14 bits per heavy atom. The molecule has 4 aliphatic rings. The minimum Gasteiger partial charge on any atom is -0.455 e. The fraction of sp³-hybridized carbons (Fsp3) is 0.645. The van der Waals surface area contributed by atoms with E-state index in [4.69, 9.17) is 33.3 Å². The number of aliphatic hydroxyl groups excluding tert-OH is 1. The first kappa shape index (κ1) is 31.4. The summed E-state index contributed by atoms with van der Waals surface area (Å²) in [6.45, 7) is 4.18. The highest BCUT2D eigenvalue weighted by Crippen LogP contribution is 2.62. The molecule has 4 bridgehead atoms. The van der Waals surface area contributed by atoms with Crippen LogP contribution >= 0.6 is 0 Å². The van der Waals surface area contributed by atoms with Gasteiger partial charge in [-0.1, -0.05) is 30.3 Å². The van der Waals surface area contributed by atoms with Crippen LogP contribution in [0.3, 0.4) is 0 Å². The molecule has 236 valence electrons. The van der Waals surface area contributed by atoms with Crippen molar-refractivity contribution in [2.75, 3.05) is 48.3 Å². The van der Waals surface area contributed by atoms with Gasteiger partial charge in [0.15, 0.2) is 6.10 Å². The van der Waals surface area contributed by atoms with E-state index in [0.29, 0.717) is 11.4 Å². The Morgan fingerprint density at radius 2 is 1.91 bits per heavy atom. The number of esters is 2. The number of ether oxygens (including phenoxy) is 6. The quantitative estimate of drug-likeness (QED) is 0.177. The summed E-state index contributed by atoms with van der Waals surface area (Å²) >= 11 is 0. The number of hydrogen-bond acceptors (Lipinski definition) is 11. The molecule has 1 saturated carbocycles. The second-order valence-electron chi connectivity index (χ2n) is 11.8. The summed E-state index contributed by atoms with van der Waals surface area (Å²) in [4.78, 5) is 35.1. The van der Waals surface area contributed by atoms with Gasteiger partial charge in [-0.25, -0.2) is 4.79 Å². The van der Waals surface area contributed by atoms with Gasteiger partial charge in [-0.15, -0.1) is 0 Å². The van der Waals surface area contributed by atoms with Gasteiger partial charge in [0.25, 0.3) is 0 Å². The molecule has 2 aliphatic heterocycles. The highest BCUT2D eigenvalue weighted by molar-refractivity contribution is 5.92. The van der Waals surface area contributed by atoms with E-state index in [1.807, 2.05) is 32.1 Å². The molecule has 1 aromatic rings. The second-order valence-corrected chi connectivity index (χ2v) is 11.8. The summed E-state index contributed by atoms with van der Waals surface area (Å²) in [5.41, 5.74) is 0.432. The molecule has 0 radical (unpaired) electrons. The van der Waals surface area contributed by atoms with Crippen LogP contribution in [0, 0.1) is 35.5 Å². The van der Waals surface area contributed by atoms with Crippen LogP contribution in [-0.2, 0) is 38.1 Å². The van der Waals surface area contributed by atoms with Crippen LogP contribution in [-0.4, -0.2) is 106 Å². The molecule has 1 aromatic heterocycles. The van der Waals surface area contributed by atoms with Gasteiger partial charge < -0.3 is 43.3 Å². The molecule has 11 atom stereocenters. The first-order chi connectivity index (χ1) is 20.7. The number of rotatable bonds is 10. The predicted molar refractivity (Wildman–Crippen MR) is 153 cm³/mol. The number of oxime groups is 1. The molecule has 0 amide bonds. The standard InChI is InChI=1S/C31H42N2O10/c1-16-12-17(2)31-21(19(13-37-3)29(35)41-26(16)23(15-39-5)33-40-6)10-9-18-24(31)25(34)20(14-38-4)27(28(18)43-31)42-30(36)22-8-7-11-32-22/h7-12,16,18-21,24-28,32,34H,13-15H2,1-6H3/b17-12+,33-23+/t16-,18-,19-,20-,21-,24+,25-,26+,27-,28-,31+/m1/s1. The van der Waals surface area contributed by atoms with Crippen molar-refractivity contribution >= 4 is 17.7 Å². The minimum absolute atomic E-state index is 0.0548. The molecular weight excluding hydrogens is 560 g/mol. The fourth-order valence-electron chi connectivity index (χ4n) is 7.73. The van der Waals surface area contributed by atoms with Gasteiger partial charge in [0, 0.05) is 57.1 Å². The van der Waals surface area contributed by atoms with E-state index in [1.54, 1.807) is 25.4 Å². The summed E-state index contributed by atoms with van der Waals surface area (Å²) < 4.78 is 35.7. The topological polar surface area (TPSA) is 147 Å². The molecule has 12 nitrogen and oxygen atoms in total. The van der Waals surface area contributed by atoms with Crippen molar-refractivity contribution in [3.8, 4) is 0 Å². The van der Waals surface area contributed by atoms with Crippen LogP contribution in [0.2, 0.25) is 0 Å².